The van der Waals surface area contributed by atoms with E-state index in [1.165, 1.54) is 0 Å². The van der Waals surface area contributed by atoms with Gasteiger partial charge in [-0.3, -0.25) is 0 Å². The molecule has 0 radical (unpaired) electrons. The number of aromatic nitrogens is 4. The van der Waals surface area contributed by atoms with Crippen LogP contribution in [0.25, 0.3) is 0 Å². The van der Waals surface area contributed by atoms with Crippen molar-refractivity contribution in [2.75, 3.05) is 26.8 Å². The summed E-state index contributed by atoms with van der Waals surface area (Å²) in [5.41, 5.74) is 0. The highest BCUT2D eigenvalue weighted by Gasteiger charge is 2.11. The summed E-state index contributed by atoms with van der Waals surface area (Å²) in [6.45, 7) is 9.88. The van der Waals surface area contributed by atoms with Gasteiger partial charge in [0.2, 0.25) is 5.16 Å². The topological polar surface area (TPSA) is 64.9 Å². The molecule has 1 aromatic heterocycles. The van der Waals surface area contributed by atoms with E-state index in [1.54, 1.807) is 18.9 Å². The molecule has 1 N–H and O–H groups in total. The molecule has 0 spiro atoms. The highest BCUT2D eigenvalue weighted by Crippen LogP contribution is 2.19. The van der Waals surface area contributed by atoms with Crippen LogP contribution in [0.15, 0.2) is 5.16 Å². The highest BCUT2D eigenvalue weighted by molar-refractivity contribution is 7.99. The lowest BCUT2D eigenvalue weighted by atomic mass is 10.2. The Kier molecular flexibility index (Phi) is 7.22. The number of ether oxygens (including phenoxy) is 1. The quantitative estimate of drug-likeness (QED) is 0.536. The lowest BCUT2D eigenvalue weighted by Gasteiger charge is -2.10. The van der Waals surface area contributed by atoms with Gasteiger partial charge in [-0.05, 0) is 22.9 Å². The van der Waals surface area contributed by atoms with Crippen molar-refractivity contribution in [3.05, 3.63) is 0 Å². The minimum absolute atomic E-state index is 0.350. The Balaban J connectivity index is 2.35. The summed E-state index contributed by atoms with van der Waals surface area (Å²) in [5, 5.41) is 16.3. The fourth-order valence-electron chi connectivity index (χ4n) is 1.45. The van der Waals surface area contributed by atoms with E-state index in [0.717, 1.165) is 24.8 Å². The Morgan fingerprint density at radius 3 is 2.83 bits per heavy atom. The highest BCUT2D eigenvalue weighted by atomic mass is 32.2. The molecule has 18 heavy (non-hydrogen) atoms. The molecule has 0 aromatic carbocycles. The Labute approximate surface area is 113 Å². The molecule has 1 heterocycles. The zero-order chi connectivity index (χ0) is 13.4. The van der Waals surface area contributed by atoms with Gasteiger partial charge in [-0.15, -0.1) is 5.10 Å². The van der Waals surface area contributed by atoms with Crippen LogP contribution in [0.5, 0.6) is 0 Å². The third-order valence-corrected chi connectivity index (χ3v) is 3.30. The average Bonchev–Trinajstić information content (AvgIpc) is 2.72. The van der Waals surface area contributed by atoms with Crippen molar-refractivity contribution in [2.45, 2.75) is 37.7 Å². The van der Waals surface area contributed by atoms with E-state index in [9.17, 15) is 0 Å². The van der Waals surface area contributed by atoms with Crippen LogP contribution in [0.2, 0.25) is 0 Å². The van der Waals surface area contributed by atoms with Crippen molar-refractivity contribution in [1.29, 1.82) is 0 Å². The Morgan fingerprint density at radius 1 is 1.39 bits per heavy atom. The molecule has 1 atom stereocenters. The lowest BCUT2D eigenvalue weighted by molar-refractivity contribution is 0.203. The minimum atomic E-state index is 0.350. The molecule has 7 heteroatoms. The molecule has 1 aromatic rings. The molecule has 0 saturated carbocycles. The summed E-state index contributed by atoms with van der Waals surface area (Å²) in [5.74, 6) is 0.662. The molecule has 0 fully saturated rings. The first kappa shape index (κ1) is 15.4. The second kappa shape index (κ2) is 8.44. The number of nitrogens with zero attached hydrogens (tertiary/aromatic N) is 4. The summed E-state index contributed by atoms with van der Waals surface area (Å²) >= 11 is 1.64. The SMILES string of the molecule is COCC(C)Sc1nnnn1CCNCC(C)C. The van der Waals surface area contributed by atoms with Gasteiger partial charge in [-0.25, -0.2) is 4.68 Å². The summed E-state index contributed by atoms with van der Waals surface area (Å²) < 4.78 is 6.94. The summed E-state index contributed by atoms with van der Waals surface area (Å²) in [7, 11) is 1.70. The largest absolute Gasteiger partial charge is 0.384 e. The lowest BCUT2D eigenvalue weighted by Crippen LogP contribution is -2.24. The molecule has 104 valence electrons. The first-order valence-corrected chi connectivity index (χ1v) is 7.14. The fraction of sp³-hybridized carbons (Fsp3) is 0.909. The molecule has 0 aliphatic heterocycles. The Bertz CT molecular complexity index is 331. The van der Waals surface area contributed by atoms with Crippen LogP contribution < -0.4 is 5.32 Å². The van der Waals surface area contributed by atoms with Gasteiger partial charge in [-0.1, -0.05) is 32.5 Å². The predicted molar refractivity (Wildman–Crippen MR) is 72.7 cm³/mol. The molecular weight excluding hydrogens is 250 g/mol. The molecule has 1 unspecified atom stereocenters. The maximum absolute atomic E-state index is 5.11. The Morgan fingerprint density at radius 2 is 2.17 bits per heavy atom. The maximum Gasteiger partial charge on any atom is 0.209 e. The van der Waals surface area contributed by atoms with Gasteiger partial charge in [0.05, 0.1) is 13.2 Å². The van der Waals surface area contributed by atoms with Crippen molar-refractivity contribution >= 4 is 11.8 Å². The maximum atomic E-state index is 5.11. The van der Waals surface area contributed by atoms with E-state index in [0.29, 0.717) is 17.8 Å². The zero-order valence-corrected chi connectivity index (χ0v) is 12.4. The molecular formula is C11H23N5OS. The first-order chi connectivity index (χ1) is 8.63. The summed E-state index contributed by atoms with van der Waals surface area (Å²) in [6, 6.07) is 0. The van der Waals surface area contributed by atoms with Gasteiger partial charge in [0.1, 0.15) is 0 Å². The summed E-state index contributed by atoms with van der Waals surface area (Å²) in [4.78, 5) is 0. The number of tetrazole rings is 1. The fourth-order valence-corrected chi connectivity index (χ4v) is 2.34. The van der Waals surface area contributed by atoms with E-state index < -0.39 is 0 Å². The van der Waals surface area contributed by atoms with Crippen molar-refractivity contribution in [2.24, 2.45) is 5.92 Å². The van der Waals surface area contributed by atoms with Crippen LogP contribution in [0.1, 0.15) is 20.8 Å². The third kappa shape index (κ3) is 5.79. The number of hydrogen-bond acceptors (Lipinski definition) is 6. The van der Waals surface area contributed by atoms with E-state index in [2.05, 4.69) is 41.6 Å². The number of hydrogen-bond donors (Lipinski definition) is 1. The van der Waals surface area contributed by atoms with Crippen LogP contribution in [-0.4, -0.2) is 52.3 Å². The normalized spacial score (nSPS) is 13.2. The van der Waals surface area contributed by atoms with Crippen molar-refractivity contribution in [3.63, 3.8) is 0 Å². The number of nitrogens with one attached hydrogen (secondary N) is 1. The molecule has 6 nitrogen and oxygen atoms in total. The van der Waals surface area contributed by atoms with E-state index >= 15 is 0 Å². The molecule has 0 bridgehead atoms. The molecule has 0 aliphatic rings. The molecule has 1 rings (SSSR count). The number of rotatable bonds is 9. The van der Waals surface area contributed by atoms with Gasteiger partial charge in [0.15, 0.2) is 0 Å². The van der Waals surface area contributed by atoms with Crippen LogP contribution in [-0.2, 0) is 11.3 Å². The van der Waals surface area contributed by atoms with E-state index in [4.69, 9.17) is 4.74 Å². The minimum Gasteiger partial charge on any atom is -0.384 e. The predicted octanol–water partition coefficient (Wildman–Crippen LogP) is 1.05. The van der Waals surface area contributed by atoms with Gasteiger partial charge >= 0.3 is 0 Å². The van der Waals surface area contributed by atoms with E-state index in [1.807, 2.05) is 4.68 Å². The standard InChI is InChI=1S/C11H23N5OS/c1-9(2)7-12-5-6-16-11(13-14-15-16)18-10(3)8-17-4/h9-10,12H,5-8H2,1-4H3. The van der Waals surface area contributed by atoms with Crippen LogP contribution in [0.3, 0.4) is 0 Å². The van der Waals surface area contributed by atoms with Crippen molar-refractivity contribution in [1.82, 2.24) is 25.5 Å². The van der Waals surface area contributed by atoms with Gasteiger partial charge in [0.25, 0.3) is 0 Å². The van der Waals surface area contributed by atoms with E-state index in [-0.39, 0.29) is 0 Å². The van der Waals surface area contributed by atoms with Crippen LogP contribution in [0.4, 0.5) is 0 Å². The molecule has 0 aliphatic carbocycles. The van der Waals surface area contributed by atoms with Gasteiger partial charge in [-0.2, -0.15) is 0 Å². The number of thioether (sulfide) groups is 1. The average molecular weight is 273 g/mol. The van der Waals surface area contributed by atoms with Gasteiger partial charge in [0, 0.05) is 18.9 Å². The van der Waals surface area contributed by atoms with Crippen LogP contribution >= 0.6 is 11.8 Å². The number of methoxy groups -OCH3 is 1. The van der Waals surface area contributed by atoms with Crippen molar-refractivity contribution < 1.29 is 4.74 Å². The smallest absolute Gasteiger partial charge is 0.209 e. The second-order valence-electron chi connectivity index (χ2n) is 4.67. The third-order valence-electron chi connectivity index (χ3n) is 2.26. The monoisotopic (exact) mass is 273 g/mol. The van der Waals surface area contributed by atoms with Gasteiger partial charge < -0.3 is 10.1 Å². The first-order valence-electron chi connectivity index (χ1n) is 6.26. The molecule has 0 amide bonds. The van der Waals surface area contributed by atoms with Crippen LogP contribution in [0, 0.1) is 5.92 Å². The van der Waals surface area contributed by atoms with Crippen molar-refractivity contribution in [3.8, 4) is 0 Å². The zero-order valence-electron chi connectivity index (χ0n) is 11.6. The second-order valence-corrected chi connectivity index (χ2v) is 6.07. The summed E-state index contributed by atoms with van der Waals surface area (Å²) in [6.07, 6.45) is 0. The molecule has 0 saturated heterocycles. The Hall–Kier alpha value is -0.660.